The van der Waals surface area contributed by atoms with Crippen molar-refractivity contribution in [3.8, 4) is 11.8 Å². The summed E-state index contributed by atoms with van der Waals surface area (Å²) in [6, 6.07) is 13.5. The molecule has 2 rings (SSSR count). The van der Waals surface area contributed by atoms with Gasteiger partial charge in [-0.15, -0.1) is 0 Å². The summed E-state index contributed by atoms with van der Waals surface area (Å²) < 4.78 is 5.22. The number of pyridine rings is 1. The van der Waals surface area contributed by atoms with Crippen molar-refractivity contribution in [2.45, 2.75) is 0 Å². The number of para-hydroxylation sites is 2. The molecule has 5 nitrogen and oxygen atoms in total. The molecular formula is C14H10ClN3O2. The largest absolute Gasteiger partial charge is 0.477 e. The van der Waals surface area contributed by atoms with Gasteiger partial charge in [0.2, 0.25) is 0 Å². The molecule has 1 aromatic carbocycles. The Hall–Kier alpha value is -2.58. The number of nitrogens with zero attached hydrogens (tertiary/aromatic N) is 2. The zero-order valence-electron chi connectivity index (χ0n) is 10.3. The average molecular weight is 288 g/mol. The van der Waals surface area contributed by atoms with Crippen LogP contribution in [0.5, 0.6) is 5.75 Å². The third-order valence-electron chi connectivity index (χ3n) is 2.38. The molecule has 0 atom stereocenters. The number of ether oxygens (including phenoxy) is 1. The number of nitrogens with one attached hydrogen (secondary N) is 1. The second-order valence-electron chi connectivity index (χ2n) is 3.74. The van der Waals surface area contributed by atoms with Gasteiger partial charge in [0.05, 0.1) is 5.69 Å². The minimum Gasteiger partial charge on any atom is -0.477 e. The van der Waals surface area contributed by atoms with Crippen LogP contribution in [0.25, 0.3) is 0 Å². The number of rotatable bonds is 4. The van der Waals surface area contributed by atoms with Crippen LogP contribution >= 0.6 is 11.6 Å². The standard InChI is InChI=1S/C14H10ClN3O2/c15-13-7-3-5-11(17-13)14(19)18-10-4-1-2-6-12(10)20-9-8-16/h1-7H,9H2,(H,18,19). The van der Waals surface area contributed by atoms with Crippen LogP contribution in [0, 0.1) is 11.3 Å². The Morgan fingerprint density at radius 3 is 2.85 bits per heavy atom. The van der Waals surface area contributed by atoms with Crippen molar-refractivity contribution in [2.75, 3.05) is 11.9 Å². The molecule has 2 aromatic rings. The van der Waals surface area contributed by atoms with Crippen molar-refractivity contribution >= 4 is 23.2 Å². The van der Waals surface area contributed by atoms with Crippen LogP contribution in [0.15, 0.2) is 42.5 Å². The smallest absolute Gasteiger partial charge is 0.274 e. The van der Waals surface area contributed by atoms with Crippen LogP contribution in [0.4, 0.5) is 5.69 Å². The highest BCUT2D eigenvalue weighted by Gasteiger charge is 2.11. The zero-order chi connectivity index (χ0) is 14.4. The summed E-state index contributed by atoms with van der Waals surface area (Å²) in [5.74, 6) is 0.0185. The van der Waals surface area contributed by atoms with E-state index in [-0.39, 0.29) is 17.5 Å². The highest BCUT2D eigenvalue weighted by molar-refractivity contribution is 6.29. The van der Waals surface area contributed by atoms with Crippen molar-refractivity contribution in [1.82, 2.24) is 4.98 Å². The third-order valence-corrected chi connectivity index (χ3v) is 2.59. The number of carbonyl (C=O) groups excluding carboxylic acids is 1. The first-order chi connectivity index (χ1) is 9.70. The lowest BCUT2D eigenvalue weighted by Gasteiger charge is -2.10. The van der Waals surface area contributed by atoms with Gasteiger partial charge in [0.15, 0.2) is 6.61 Å². The maximum absolute atomic E-state index is 12.0. The Morgan fingerprint density at radius 1 is 1.30 bits per heavy atom. The highest BCUT2D eigenvalue weighted by atomic mass is 35.5. The summed E-state index contributed by atoms with van der Waals surface area (Å²) in [5, 5.41) is 11.4. The molecule has 0 aliphatic carbocycles. The number of halogens is 1. The molecule has 1 heterocycles. The van der Waals surface area contributed by atoms with E-state index in [4.69, 9.17) is 21.6 Å². The van der Waals surface area contributed by atoms with Gasteiger partial charge in [-0.25, -0.2) is 4.98 Å². The second kappa shape index (κ2) is 6.55. The quantitative estimate of drug-likeness (QED) is 0.877. The first-order valence-electron chi connectivity index (χ1n) is 5.73. The van der Waals surface area contributed by atoms with Crippen molar-refractivity contribution in [1.29, 1.82) is 5.26 Å². The normalized spacial score (nSPS) is 9.60. The maximum Gasteiger partial charge on any atom is 0.274 e. The Bertz CT molecular complexity index is 667. The number of amides is 1. The molecule has 0 aliphatic rings. The van der Waals surface area contributed by atoms with Gasteiger partial charge in [0.25, 0.3) is 5.91 Å². The second-order valence-corrected chi connectivity index (χ2v) is 4.13. The Kier molecular flexibility index (Phi) is 4.53. The lowest BCUT2D eigenvalue weighted by atomic mass is 10.2. The minimum atomic E-state index is -0.402. The van der Waals surface area contributed by atoms with Crippen LogP contribution in [-0.4, -0.2) is 17.5 Å². The first-order valence-corrected chi connectivity index (χ1v) is 6.11. The number of hydrogen-bond donors (Lipinski definition) is 1. The lowest BCUT2D eigenvalue weighted by Crippen LogP contribution is -2.14. The number of aromatic nitrogens is 1. The third kappa shape index (κ3) is 3.46. The number of hydrogen-bond acceptors (Lipinski definition) is 4. The number of benzene rings is 1. The Labute approximate surface area is 120 Å². The highest BCUT2D eigenvalue weighted by Crippen LogP contribution is 2.24. The number of nitriles is 1. The Morgan fingerprint density at radius 2 is 2.10 bits per heavy atom. The molecule has 0 saturated carbocycles. The number of anilines is 1. The summed E-state index contributed by atoms with van der Waals surface area (Å²) in [6.07, 6.45) is 0. The van der Waals surface area contributed by atoms with Gasteiger partial charge >= 0.3 is 0 Å². The topological polar surface area (TPSA) is 75.0 Å². The molecule has 100 valence electrons. The van der Waals surface area contributed by atoms with E-state index in [1.165, 1.54) is 0 Å². The predicted octanol–water partition coefficient (Wildman–Crippen LogP) is 2.89. The van der Waals surface area contributed by atoms with E-state index in [2.05, 4.69) is 10.3 Å². The van der Waals surface area contributed by atoms with Crippen LogP contribution in [0.2, 0.25) is 5.15 Å². The molecule has 0 aliphatic heterocycles. The van der Waals surface area contributed by atoms with Gasteiger partial charge in [-0.1, -0.05) is 29.8 Å². The van der Waals surface area contributed by atoms with Gasteiger partial charge in [0, 0.05) is 0 Å². The lowest BCUT2D eigenvalue weighted by molar-refractivity contribution is 0.102. The fourth-order valence-electron chi connectivity index (χ4n) is 1.53. The Balaban J connectivity index is 2.18. The fraction of sp³-hybridized carbons (Fsp3) is 0.0714. The molecule has 0 bridgehead atoms. The molecule has 1 N–H and O–H groups in total. The minimum absolute atomic E-state index is 0.0949. The molecule has 0 radical (unpaired) electrons. The van der Waals surface area contributed by atoms with E-state index >= 15 is 0 Å². The maximum atomic E-state index is 12.0. The van der Waals surface area contributed by atoms with Crippen molar-refractivity contribution < 1.29 is 9.53 Å². The summed E-state index contributed by atoms with van der Waals surface area (Å²) in [5.41, 5.74) is 0.669. The monoisotopic (exact) mass is 287 g/mol. The first kappa shape index (κ1) is 13.8. The van der Waals surface area contributed by atoms with Crippen molar-refractivity contribution in [2.24, 2.45) is 0 Å². The molecule has 0 unspecified atom stereocenters. The van der Waals surface area contributed by atoms with Crippen LogP contribution in [-0.2, 0) is 0 Å². The molecule has 20 heavy (non-hydrogen) atoms. The van der Waals surface area contributed by atoms with E-state index in [1.54, 1.807) is 42.5 Å². The zero-order valence-corrected chi connectivity index (χ0v) is 11.1. The summed E-state index contributed by atoms with van der Waals surface area (Å²) in [6.45, 7) is -0.0949. The molecular weight excluding hydrogens is 278 g/mol. The van der Waals surface area contributed by atoms with E-state index in [0.717, 1.165) is 0 Å². The fourth-order valence-corrected chi connectivity index (χ4v) is 1.69. The molecule has 0 fully saturated rings. The summed E-state index contributed by atoms with van der Waals surface area (Å²) in [4.78, 5) is 16.0. The van der Waals surface area contributed by atoms with E-state index in [9.17, 15) is 4.79 Å². The molecule has 1 aromatic heterocycles. The molecule has 6 heteroatoms. The number of carbonyl (C=O) groups is 1. The molecule has 0 saturated heterocycles. The van der Waals surface area contributed by atoms with Gasteiger partial charge in [-0.3, -0.25) is 4.79 Å². The van der Waals surface area contributed by atoms with Gasteiger partial charge in [-0.2, -0.15) is 5.26 Å². The summed E-state index contributed by atoms with van der Waals surface area (Å²) in [7, 11) is 0. The van der Waals surface area contributed by atoms with Gasteiger partial charge in [0.1, 0.15) is 22.7 Å². The van der Waals surface area contributed by atoms with Crippen molar-refractivity contribution in [3.63, 3.8) is 0 Å². The average Bonchev–Trinajstić information content (AvgIpc) is 2.46. The molecule has 1 amide bonds. The van der Waals surface area contributed by atoms with E-state index in [0.29, 0.717) is 11.4 Å². The van der Waals surface area contributed by atoms with Crippen LogP contribution in [0.3, 0.4) is 0 Å². The van der Waals surface area contributed by atoms with Gasteiger partial charge < -0.3 is 10.1 Å². The van der Waals surface area contributed by atoms with Crippen LogP contribution in [0.1, 0.15) is 10.5 Å². The van der Waals surface area contributed by atoms with Crippen molar-refractivity contribution in [3.05, 3.63) is 53.3 Å². The molecule has 0 spiro atoms. The van der Waals surface area contributed by atoms with E-state index in [1.807, 2.05) is 6.07 Å². The van der Waals surface area contributed by atoms with Gasteiger partial charge in [-0.05, 0) is 24.3 Å². The predicted molar refractivity (Wildman–Crippen MR) is 74.8 cm³/mol. The van der Waals surface area contributed by atoms with Crippen LogP contribution < -0.4 is 10.1 Å². The SMILES string of the molecule is N#CCOc1ccccc1NC(=O)c1cccc(Cl)n1. The van der Waals surface area contributed by atoms with E-state index < -0.39 is 5.91 Å². The summed E-state index contributed by atoms with van der Waals surface area (Å²) >= 11 is 5.74.